The van der Waals surface area contributed by atoms with Gasteiger partial charge in [-0.2, -0.15) is 0 Å². The van der Waals surface area contributed by atoms with Crippen molar-refractivity contribution in [2.75, 3.05) is 0 Å². The smallest absolute Gasteiger partial charge is 0.143 e. The maximum Gasteiger partial charge on any atom is 0.143 e. The molecule has 1 radical (unpaired) electrons. The summed E-state index contributed by atoms with van der Waals surface area (Å²) in [5.41, 5.74) is 0.980. The number of aromatic nitrogens is 2. The van der Waals surface area contributed by atoms with E-state index in [1.165, 1.54) is 0 Å². The van der Waals surface area contributed by atoms with E-state index in [9.17, 15) is 0 Å². The molecule has 0 spiro atoms. The Morgan fingerprint density at radius 2 is 2.55 bits per heavy atom. The second kappa shape index (κ2) is 2.27. The van der Waals surface area contributed by atoms with Crippen LogP contribution in [0.25, 0.3) is 11.4 Å². The fourth-order valence-electron chi connectivity index (χ4n) is 0.984. The first kappa shape index (κ1) is 6.22. The Labute approximate surface area is 64.3 Å². The van der Waals surface area contributed by atoms with Crippen molar-refractivity contribution < 1.29 is 4.42 Å². The number of rotatable bonds is 1. The van der Waals surface area contributed by atoms with Crippen LogP contribution in [0.5, 0.6) is 0 Å². The normalized spacial score (nSPS) is 10.3. The second-order valence-corrected chi connectivity index (χ2v) is 2.28. The third-order valence-corrected chi connectivity index (χ3v) is 1.54. The summed E-state index contributed by atoms with van der Waals surface area (Å²) in [6.07, 6.45) is 7.85. The first-order chi connectivity index (χ1) is 5.38. The van der Waals surface area contributed by atoms with Crippen LogP contribution in [0.4, 0.5) is 0 Å². The zero-order chi connectivity index (χ0) is 7.68. The summed E-state index contributed by atoms with van der Waals surface area (Å²) in [6.45, 7) is 0. The van der Waals surface area contributed by atoms with Crippen molar-refractivity contribution in [2.45, 2.75) is 0 Å². The largest absolute Gasteiger partial charge is 0.472 e. The highest BCUT2D eigenvalue weighted by Crippen LogP contribution is 2.15. The summed E-state index contributed by atoms with van der Waals surface area (Å²) >= 11 is 0. The minimum absolute atomic E-state index is 0.874. The van der Waals surface area contributed by atoms with Gasteiger partial charge >= 0.3 is 0 Å². The van der Waals surface area contributed by atoms with E-state index in [1.807, 2.05) is 17.7 Å². The van der Waals surface area contributed by atoms with Crippen LogP contribution in [-0.2, 0) is 7.05 Å². The number of hydrogen-bond donors (Lipinski definition) is 0. The second-order valence-electron chi connectivity index (χ2n) is 2.28. The average Bonchev–Trinajstić information content (AvgIpc) is 2.55. The molecule has 0 saturated heterocycles. The zero-order valence-electron chi connectivity index (χ0n) is 6.11. The van der Waals surface area contributed by atoms with Gasteiger partial charge in [0.2, 0.25) is 0 Å². The Hall–Kier alpha value is -1.51. The van der Waals surface area contributed by atoms with E-state index < -0.39 is 0 Å². The van der Waals surface area contributed by atoms with E-state index in [0.29, 0.717) is 0 Å². The average molecular weight is 147 g/mol. The van der Waals surface area contributed by atoms with Gasteiger partial charge in [-0.25, -0.2) is 4.98 Å². The minimum atomic E-state index is 0.874. The summed E-state index contributed by atoms with van der Waals surface area (Å²) in [4.78, 5) is 4.11. The predicted octanol–water partition coefficient (Wildman–Crippen LogP) is 1.48. The maximum atomic E-state index is 4.93. The molecule has 2 aromatic rings. The highest BCUT2D eigenvalue weighted by molar-refractivity contribution is 5.52. The molecule has 3 nitrogen and oxygen atoms in total. The maximum absolute atomic E-state index is 4.93. The van der Waals surface area contributed by atoms with Crippen molar-refractivity contribution in [2.24, 2.45) is 7.05 Å². The summed E-state index contributed by atoms with van der Waals surface area (Å²) in [5.74, 6) is 0.874. The summed E-state index contributed by atoms with van der Waals surface area (Å²) in [7, 11) is 1.90. The van der Waals surface area contributed by atoms with Crippen LogP contribution >= 0.6 is 0 Å². The SMILES string of the molecule is Cn1[c]cnc1-c1ccoc1. The molecule has 2 heterocycles. The number of aryl methyl sites for hydroxylation is 1. The van der Waals surface area contributed by atoms with E-state index in [0.717, 1.165) is 11.4 Å². The molecule has 55 valence electrons. The van der Waals surface area contributed by atoms with Gasteiger partial charge < -0.3 is 8.98 Å². The molecule has 0 atom stereocenters. The lowest BCUT2D eigenvalue weighted by molar-refractivity contribution is 0.567. The highest BCUT2D eigenvalue weighted by atomic mass is 16.3. The number of imidazole rings is 1. The number of hydrogen-bond acceptors (Lipinski definition) is 2. The molecule has 0 saturated carbocycles. The van der Waals surface area contributed by atoms with E-state index in [2.05, 4.69) is 11.2 Å². The van der Waals surface area contributed by atoms with Crippen molar-refractivity contribution in [1.82, 2.24) is 9.55 Å². The van der Waals surface area contributed by atoms with E-state index >= 15 is 0 Å². The Morgan fingerprint density at radius 3 is 3.09 bits per heavy atom. The minimum Gasteiger partial charge on any atom is -0.472 e. The first-order valence-electron chi connectivity index (χ1n) is 3.30. The van der Waals surface area contributed by atoms with Gasteiger partial charge in [-0.15, -0.1) is 0 Å². The molecule has 0 bridgehead atoms. The fraction of sp³-hybridized carbons (Fsp3) is 0.125. The molecule has 0 aromatic carbocycles. The summed E-state index contributed by atoms with van der Waals surface area (Å²) in [5, 5.41) is 0. The lowest BCUT2D eigenvalue weighted by Crippen LogP contribution is -1.88. The zero-order valence-corrected chi connectivity index (χ0v) is 6.11. The lowest BCUT2D eigenvalue weighted by Gasteiger charge is -1.94. The van der Waals surface area contributed by atoms with Gasteiger partial charge in [-0.3, -0.25) is 0 Å². The summed E-state index contributed by atoms with van der Waals surface area (Å²) < 4.78 is 6.75. The van der Waals surface area contributed by atoms with Gasteiger partial charge in [0.25, 0.3) is 0 Å². The molecular formula is C8H7N2O. The van der Waals surface area contributed by atoms with Gasteiger partial charge in [0.1, 0.15) is 12.1 Å². The highest BCUT2D eigenvalue weighted by Gasteiger charge is 2.02. The van der Waals surface area contributed by atoms with Gasteiger partial charge in [-0.05, 0) is 6.07 Å². The number of nitrogens with zero attached hydrogens (tertiary/aromatic N) is 2. The number of furan rings is 1. The van der Waals surface area contributed by atoms with Crippen LogP contribution in [0, 0.1) is 6.20 Å². The molecule has 0 amide bonds. The molecule has 0 N–H and O–H groups in total. The molecule has 2 aromatic heterocycles. The quantitative estimate of drug-likeness (QED) is 0.611. The standard InChI is InChI=1S/C8H7N2O/c1-10-4-3-9-8(10)7-2-5-11-6-7/h2-3,5-6H,1H3. The fourth-order valence-corrected chi connectivity index (χ4v) is 0.984. The van der Waals surface area contributed by atoms with Gasteiger partial charge in [0.05, 0.1) is 24.2 Å². The third-order valence-electron chi connectivity index (χ3n) is 1.54. The van der Waals surface area contributed by atoms with Crippen molar-refractivity contribution in [3.63, 3.8) is 0 Å². The molecule has 3 heteroatoms. The van der Waals surface area contributed by atoms with Crippen molar-refractivity contribution in [1.29, 1.82) is 0 Å². The Balaban J connectivity index is 2.53. The van der Waals surface area contributed by atoms with Crippen LogP contribution in [0.3, 0.4) is 0 Å². The molecular weight excluding hydrogens is 140 g/mol. The Morgan fingerprint density at radius 1 is 1.64 bits per heavy atom. The van der Waals surface area contributed by atoms with Crippen molar-refractivity contribution in [3.8, 4) is 11.4 Å². The van der Waals surface area contributed by atoms with E-state index in [1.54, 1.807) is 18.7 Å². The Bertz CT molecular complexity index is 335. The van der Waals surface area contributed by atoms with Crippen LogP contribution in [-0.4, -0.2) is 9.55 Å². The molecule has 0 fully saturated rings. The van der Waals surface area contributed by atoms with Crippen LogP contribution in [0.1, 0.15) is 0 Å². The first-order valence-corrected chi connectivity index (χ1v) is 3.30. The van der Waals surface area contributed by atoms with Crippen LogP contribution in [0.15, 0.2) is 29.2 Å². The monoisotopic (exact) mass is 147 g/mol. The molecule has 0 unspecified atom stereocenters. The van der Waals surface area contributed by atoms with Crippen LogP contribution in [0.2, 0.25) is 0 Å². The van der Waals surface area contributed by atoms with E-state index in [4.69, 9.17) is 4.42 Å². The molecule has 11 heavy (non-hydrogen) atoms. The Kier molecular flexibility index (Phi) is 1.28. The molecule has 0 aliphatic rings. The third kappa shape index (κ3) is 0.941. The molecule has 2 rings (SSSR count). The van der Waals surface area contributed by atoms with Crippen molar-refractivity contribution >= 4 is 0 Å². The molecule has 0 aliphatic heterocycles. The van der Waals surface area contributed by atoms with Gasteiger partial charge in [-0.1, -0.05) is 0 Å². The van der Waals surface area contributed by atoms with Gasteiger partial charge in [0.15, 0.2) is 0 Å². The lowest BCUT2D eigenvalue weighted by atomic mass is 10.3. The van der Waals surface area contributed by atoms with Crippen molar-refractivity contribution in [3.05, 3.63) is 31.0 Å². The van der Waals surface area contributed by atoms with Gasteiger partial charge in [0, 0.05) is 7.05 Å². The predicted molar refractivity (Wildman–Crippen MR) is 39.7 cm³/mol. The van der Waals surface area contributed by atoms with Crippen LogP contribution < -0.4 is 0 Å². The molecule has 0 aliphatic carbocycles. The summed E-state index contributed by atoms with van der Waals surface area (Å²) in [6, 6.07) is 1.87. The van der Waals surface area contributed by atoms with E-state index in [-0.39, 0.29) is 0 Å². The topological polar surface area (TPSA) is 31.0 Å².